The van der Waals surface area contributed by atoms with Crippen molar-refractivity contribution < 1.29 is 4.79 Å². The number of aromatic amines is 1. The van der Waals surface area contributed by atoms with E-state index < -0.39 is 0 Å². The molecule has 2 aliphatic heterocycles. The Morgan fingerprint density at radius 3 is 2.91 bits per heavy atom. The number of H-pyrrole nitrogens is 1. The highest BCUT2D eigenvalue weighted by Crippen LogP contribution is 2.47. The number of aromatic nitrogens is 2. The summed E-state index contributed by atoms with van der Waals surface area (Å²) in [5, 5.41) is 7.43. The highest BCUT2D eigenvalue weighted by molar-refractivity contribution is 9.11. The molecule has 2 aromatic heterocycles. The normalized spacial score (nSPS) is 18.2. The minimum Gasteiger partial charge on any atom is -0.335 e. The molecule has 0 aromatic carbocycles. The number of likely N-dealkylation sites (N-methyl/N-ethyl adjacent to an activating group) is 1. The lowest BCUT2D eigenvalue weighted by molar-refractivity contribution is 0.0657. The number of nitrogens with zero attached hydrogens (tertiary/aromatic N) is 3. The monoisotopic (exact) mass is 398 g/mol. The zero-order valence-electron chi connectivity index (χ0n) is 12.1. The van der Waals surface area contributed by atoms with E-state index in [9.17, 15) is 4.79 Å². The molecule has 0 radical (unpaired) electrons. The van der Waals surface area contributed by atoms with E-state index in [0.717, 1.165) is 52.5 Å². The molecule has 22 heavy (non-hydrogen) atoms. The standard InChI is InChI=1S/C14H15BrN4OS2/c1-18-2-4-19(5-3-18)13(20)12-9-7-21-14-8(6-10(15)22-14)11(9)16-17-12/h6H,2-5,7H2,1H3,(H,16,17). The first-order valence-corrected chi connectivity index (χ1v) is 9.70. The highest BCUT2D eigenvalue weighted by atomic mass is 79.9. The minimum absolute atomic E-state index is 0.0835. The van der Waals surface area contributed by atoms with Crippen molar-refractivity contribution in [2.75, 3.05) is 33.2 Å². The Kier molecular flexibility index (Phi) is 3.80. The molecular weight excluding hydrogens is 384 g/mol. The quantitative estimate of drug-likeness (QED) is 0.802. The molecule has 1 saturated heterocycles. The Balaban J connectivity index is 1.65. The lowest BCUT2D eigenvalue weighted by Gasteiger charge is -2.32. The average Bonchev–Trinajstić information content (AvgIpc) is 3.09. The minimum atomic E-state index is 0.0835. The predicted octanol–water partition coefficient (Wildman–Crippen LogP) is 2.89. The molecule has 5 nitrogen and oxygen atoms in total. The van der Waals surface area contributed by atoms with Crippen LogP contribution in [-0.2, 0) is 5.75 Å². The molecule has 2 aliphatic rings. The third kappa shape index (κ3) is 2.42. The average molecular weight is 399 g/mol. The second-order valence-electron chi connectivity index (χ2n) is 5.56. The number of thioether (sulfide) groups is 1. The van der Waals surface area contributed by atoms with Crippen LogP contribution in [0.15, 0.2) is 14.1 Å². The molecule has 0 aliphatic carbocycles. The first-order chi connectivity index (χ1) is 10.6. The maximum atomic E-state index is 12.8. The van der Waals surface area contributed by atoms with Crippen LogP contribution in [-0.4, -0.2) is 59.1 Å². The van der Waals surface area contributed by atoms with E-state index in [4.69, 9.17) is 0 Å². The summed E-state index contributed by atoms with van der Waals surface area (Å²) < 4.78 is 2.37. The van der Waals surface area contributed by atoms with Crippen LogP contribution in [0.1, 0.15) is 16.1 Å². The second-order valence-corrected chi connectivity index (χ2v) is 9.24. The van der Waals surface area contributed by atoms with Crippen LogP contribution in [0.5, 0.6) is 0 Å². The van der Waals surface area contributed by atoms with Crippen LogP contribution in [0.2, 0.25) is 0 Å². The molecule has 0 saturated carbocycles. The van der Waals surface area contributed by atoms with Gasteiger partial charge in [-0.1, -0.05) is 0 Å². The Morgan fingerprint density at radius 2 is 2.14 bits per heavy atom. The van der Waals surface area contributed by atoms with E-state index in [1.807, 2.05) is 4.90 Å². The van der Waals surface area contributed by atoms with E-state index in [-0.39, 0.29) is 5.91 Å². The molecule has 1 fully saturated rings. The van der Waals surface area contributed by atoms with Gasteiger partial charge in [-0.2, -0.15) is 5.10 Å². The van der Waals surface area contributed by atoms with Gasteiger partial charge in [0, 0.05) is 43.1 Å². The Labute approximate surface area is 145 Å². The number of nitrogens with one attached hydrogen (secondary N) is 1. The third-order valence-corrected chi connectivity index (χ3v) is 7.09. The number of carbonyl (C=O) groups excluding carboxylic acids is 1. The summed E-state index contributed by atoms with van der Waals surface area (Å²) in [7, 11) is 2.09. The summed E-state index contributed by atoms with van der Waals surface area (Å²) in [6.45, 7) is 3.42. The maximum absolute atomic E-state index is 12.8. The van der Waals surface area contributed by atoms with Crippen molar-refractivity contribution in [3.63, 3.8) is 0 Å². The van der Waals surface area contributed by atoms with Gasteiger partial charge in [0.15, 0.2) is 0 Å². The SMILES string of the molecule is CN1CCN(C(=O)c2[nH]nc3c2CSc2sc(Br)cc2-3)CC1. The van der Waals surface area contributed by atoms with Crippen molar-refractivity contribution in [2.45, 2.75) is 9.96 Å². The van der Waals surface area contributed by atoms with Crippen molar-refractivity contribution in [2.24, 2.45) is 0 Å². The smallest absolute Gasteiger partial charge is 0.272 e. The molecule has 2 aromatic rings. The maximum Gasteiger partial charge on any atom is 0.272 e. The van der Waals surface area contributed by atoms with Crippen molar-refractivity contribution in [1.29, 1.82) is 0 Å². The van der Waals surface area contributed by atoms with E-state index in [1.165, 1.54) is 4.21 Å². The number of piperazine rings is 1. The van der Waals surface area contributed by atoms with Crippen molar-refractivity contribution in [1.82, 2.24) is 20.0 Å². The van der Waals surface area contributed by atoms with Gasteiger partial charge in [0.1, 0.15) is 5.69 Å². The van der Waals surface area contributed by atoms with Gasteiger partial charge in [0.2, 0.25) is 0 Å². The Bertz CT molecular complexity index is 733. The number of amides is 1. The Hall–Kier alpha value is -0.830. The summed E-state index contributed by atoms with van der Waals surface area (Å²) >= 11 is 7.05. The number of rotatable bonds is 1. The Morgan fingerprint density at radius 1 is 1.36 bits per heavy atom. The van der Waals surface area contributed by atoms with E-state index in [2.05, 4.69) is 44.1 Å². The second kappa shape index (κ2) is 5.67. The highest BCUT2D eigenvalue weighted by Gasteiger charge is 2.30. The number of hydrogen-bond acceptors (Lipinski definition) is 5. The van der Waals surface area contributed by atoms with Gasteiger partial charge in [-0.05, 0) is 29.0 Å². The summed E-state index contributed by atoms with van der Waals surface area (Å²) in [6.07, 6.45) is 0. The van der Waals surface area contributed by atoms with Gasteiger partial charge in [-0.3, -0.25) is 9.89 Å². The molecule has 0 unspecified atom stereocenters. The fraction of sp³-hybridized carbons (Fsp3) is 0.429. The molecule has 1 N–H and O–H groups in total. The molecule has 8 heteroatoms. The van der Waals surface area contributed by atoms with Gasteiger partial charge in [0.25, 0.3) is 5.91 Å². The number of carbonyl (C=O) groups is 1. The van der Waals surface area contributed by atoms with Crippen LogP contribution in [0.4, 0.5) is 0 Å². The largest absolute Gasteiger partial charge is 0.335 e. The summed E-state index contributed by atoms with van der Waals surface area (Å²) in [6, 6.07) is 2.09. The van der Waals surface area contributed by atoms with Gasteiger partial charge in [-0.15, -0.1) is 23.1 Å². The van der Waals surface area contributed by atoms with Crippen molar-refractivity contribution >= 4 is 44.9 Å². The number of halogens is 1. The predicted molar refractivity (Wildman–Crippen MR) is 92.6 cm³/mol. The van der Waals surface area contributed by atoms with Crippen LogP contribution < -0.4 is 0 Å². The molecule has 116 valence electrons. The summed E-state index contributed by atoms with van der Waals surface area (Å²) in [4.78, 5) is 17.0. The molecule has 0 spiro atoms. The van der Waals surface area contributed by atoms with E-state index in [0.29, 0.717) is 5.69 Å². The van der Waals surface area contributed by atoms with Gasteiger partial charge in [0.05, 0.1) is 13.7 Å². The summed E-state index contributed by atoms with van der Waals surface area (Å²) in [5.41, 5.74) is 3.79. The number of thiophene rings is 1. The van der Waals surface area contributed by atoms with E-state index in [1.54, 1.807) is 23.1 Å². The van der Waals surface area contributed by atoms with E-state index >= 15 is 0 Å². The molecule has 4 rings (SSSR count). The first-order valence-electron chi connectivity index (χ1n) is 7.11. The number of hydrogen-bond donors (Lipinski definition) is 1. The zero-order valence-corrected chi connectivity index (χ0v) is 15.3. The lowest BCUT2D eigenvalue weighted by atomic mass is 10.1. The molecule has 0 bridgehead atoms. The van der Waals surface area contributed by atoms with Gasteiger partial charge < -0.3 is 9.80 Å². The van der Waals surface area contributed by atoms with Crippen LogP contribution in [0, 0.1) is 0 Å². The van der Waals surface area contributed by atoms with Crippen LogP contribution in [0.25, 0.3) is 11.3 Å². The lowest BCUT2D eigenvalue weighted by Crippen LogP contribution is -2.47. The fourth-order valence-electron chi connectivity index (χ4n) is 2.83. The molecule has 4 heterocycles. The summed E-state index contributed by atoms with van der Waals surface area (Å²) in [5.74, 6) is 0.890. The topological polar surface area (TPSA) is 52.2 Å². The molecule has 0 atom stereocenters. The first kappa shape index (κ1) is 14.7. The van der Waals surface area contributed by atoms with Crippen LogP contribution in [0.3, 0.4) is 0 Å². The zero-order chi connectivity index (χ0) is 15.3. The number of fused-ring (bicyclic) bond motifs is 3. The van der Waals surface area contributed by atoms with Gasteiger partial charge in [-0.25, -0.2) is 0 Å². The van der Waals surface area contributed by atoms with Crippen molar-refractivity contribution in [3.05, 3.63) is 21.1 Å². The van der Waals surface area contributed by atoms with Gasteiger partial charge >= 0.3 is 0 Å². The fourth-order valence-corrected chi connectivity index (χ4v) is 6.03. The van der Waals surface area contributed by atoms with Crippen LogP contribution >= 0.6 is 39.0 Å². The molecular formula is C14H15BrN4OS2. The van der Waals surface area contributed by atoms with Crippen molar-refractivity contribution in [3.8, 4) is 11.3 Å². The molecule has 1 amide bonds. The third-order valence-electron chi connectivity index (χ3n) is 4.14.